The fourth-order valence-corrected chi connectivity index (χ4v) is 2.26. The van der Waals surface area contributed by atoms with Gasteiger partial charge in [-0.05, 0) is 31.4 Å². The maximum absolute atomic E-state index is 13.6. The van der Waals surface area contributed by atoms with Crippen molar-refractivity contribution in [1.82, 2.24) is 9.78 Å². The number of fused-ring (bicyclic) bond motifs is 1. The van der Waals surface area contributed by atoms with Crippen molar-refractivity contribution in [1.29, 1.82) is 0 Å². The highest BCUT2D eigenvalue weighted by Gasteiger charge is 2.20. The summed E-state index contributed by atoms with van der Waals surface area (Å²) in [6.07, 6.45) is 2.48. The van der Waals surface area contributed by atoms with Crippen molar-refractivity contribution in [2.45, 2.75) is 19.3 Å². The summed E-state index contributed by atoms with van der Waals surface area (Å²) in [7, 11) is 0. The molecule has 3 nitrogen and oxygen atoms in total. The largest absolute Gasteiger partial charge is 0.295 e. The Balaban J connectivity index is 2.19. The summed E-state index contributed by atoms with van der Waals surface area (Å²) in [6, 6.07) is 3.17. The lowest BCUT2D eigenvalue weighted by Gasteiger charge is -2.03. The zero-order valence-electron chi connectivity index (χ0n) is 8.96. The Morgan fingerprint density at radius 1 is 1.24 bits per heavy atom. The van der Waals surface area contributed by atoms with Crippen LogP contribution >= 0.6 is 0 Å². The summed E-state index contributed by atoms with van der Waals surface area (Å²) < 4.78 is 27.5. The number of nitrogens with one attached hydrogen (secondary N) is 1. The van der Waals surface area contributed by atoms with E-state index >= 15 is 0 Å². The van der Waals surface area contributed by atoms with Gasteiger partial charge in [0.1, 0.15) is 11.5 Å². The van der Waals surface area contributed by atoms with E-state index in [2.05, 4.69) is 5.10 Å². The van der Waals surface area contributed by atoms with Gasteiger partial charge in [0.05, 0.1) is 0 Å². The SMILES string of the molecule is O=c1c2c([nH]n1-c1ccc(F)cc1F)CCC2. The Hall–Kier alpha value is -1.91. The monoisotopic (exact) mass is 236 g/mol. The highest BCUT2D eigenvalue weighted by molar-refractivity contribution is 5.35. The van der Waals surface area contributed by atoms with Gasteiger partial charge in [-0.3, -0.25) is 9.89 Å². The highest BCUT2D eigenvalue weighted by atomic mass is 19.1. The number of nitrogens with zero attached hydrogens (tertiary/aromatic N) is 1. The minimum absolute atomic E-state index is 0.0609. The molecule has 0 radical (unpaired) electrons. The van der Waals surface area contributed by atoms with Gasteiger partial charge >= 0.3 is 0 Å². The van der Waals surface area contributed by atoms with E-state index in [1.807, 2.05) is 0 Å². The average Bonchev–Trinajstić information content (AvgIpc) is 2.83. The van der Waals surface area contributed by atoms with Gasteiger partial charge in [-0.25, -0.2) is 13.5 Å². The lowest BCUT2D eigenvalue weighted by Crippen LogP contribution is -2.18. The maximum atomic E-state index is 13.6. The molecule has 0 atom stereocenters. The van der Waals surface area contributed by atoms with E-state index in [9.17, 15) is 13.6 Å². The molecule has 2 aromatic rings. The first kappa shape index (κ1) is 10.3. The summed E-state index contributed by atoms with van der Waals surface area (Å²) in [4.78, 5) is 12.0. The molecule has 0 aliphatic heterocycles. The predicted octanol–water partition coefficient (Wildman–Crippen LogP) is 1.93. The van der Waals surface area contributed by atoms with E-state index in [0.717, 1.165) is 41.8 Å². The van der Waals surface area contributed by atoms with Gasteiger partial charge in [0, 0.05) is 17.3 Å². The van der Waals surface area contributed by atoms with Crippen LogP contribution in [-0.2, 0) is 12.8 Å². The van der Waals surface area contributed by atoms with Crippen molar-refractivity contribution in [3.05, 3.63) is 51.4 Å². The van der Waals surface area contributed by atoms with Gasteiger partial charge in [-0.2, -0.15) is 0 Å². The standard InChI is InChI=1S/C12H10F2N2O/c13-7-4-5-11(9(14)6-7)16-12(17)8-2-1-3-10(8)15-16/h4-6,15H,1-3H2. The van der Waals surface area contributed by atoms with Crippen LogP contribution in [-0.4, -0.2) is 9.78 Å². The average molecular weight is 236 g/mol. The smallest absolute Gasteiger partial charge is 0.274 e. The maximum Gasteiger partial charge on any atom is 0.274 e. The normalized spacial score (nSPS) is 14.0. The molecule has 0 saturated carbocycles. The van der Waals surface area contributed by atoms with Crippen LogP contribution in [0.3, 0.4) is 0 Å². The van der Waals surface area contributed by atoms with Crippen LogP contribution in [0.2, 0.25) is 0 Å². The van der Waals surface area contributed by atoms with Crippen molar-refractivity contribution < 1.29 is 8.78 Å². The van der Waals surface area contributed by atoms with Gasteiger partial charge in [0.15, 0.2) is 5.82 Å². The first-order chi connectivity index (χ1) is 8.16. The number of halogens is 2. The summed E-state index contributed by atoms with van der Waals surface area (Å²) in [6.45, 7) is 0. The Morgan fingerprint density at radius 2 is 2.06 bits per heavy atom. The lowest BCUT2D eigenvalue weighted by atomic mass is 10.2. The third kappa shape index (κ3) is 1.50. The minimum atomic E-state index is -0.743. The zero-order valence-corrected chi connectivity index (χ0v) is 8.96. The number of aromatic amines is 1. The Morgan fingerprint density at radius 3 is 2.76 bits per heavy atom. The summed E-state index contributed by atoms with van der Waals surface area (Å²) >= 11 is 0. The first-order valence-electron chi connectivity index (χ1n) is 5.45. The molecule has 0 spiro atoms. The summed E-state index contributed by atoms with van der Waals surface area (Å²) in [5, 5.41) is 2.88. The molecule has 0 amide bonds. The molecule has 0 fully saturated rings. The van der Waals surface area contributed by atoms with Gasteiger partial charge in [0.25, 0.3) is 5.56 Å². The number of aromatic nitrogens is 2. The molecule has 3 rings (SSSR count). The van der Waals surface area contributed by atoms with Crippen LogP contribution < -0.4 is 5.56 Å². The van der Waals surface area contributed by atoms with Crippen LogP contribution in [0.15, 0.2) is 23.0 Å². The lowest BCUT2D eigenvalue weighted by molar-refractivity contribution is 0.571. The van der Waals surface area contributed by atoms with Crippen molar-refractivity contribution in [3.8, 4) is 5.69 Å². The molecule has 0 unspecified atom stereocenters. The molecule has 1 aromatic carbocycles. The molecule has 88 valence electrons. The predicted molar refractivity (Wildman–Crippen MR) is 58.3 cm³/mol. The summed E-state index contributed by atoms with van der Waals surface area (Å²) in [5.41, 5.74) is 1.40. The molecule has 1 heterocycles. The Kier molecular flexibility index (Phi) is 2.14. The van der Waals surface area contributed by atoms with Crippen molar-refractivity contribution in [2.24, 2.45) is 0 Å². The van der Waals surface area contributed by atoms with E-state index in [0.29, 0.717) is 5.56 Å². The fourth-order valence-electron chi connectivity index (χ4n) is 2.26. The molecule has 1 aromatic heterocycles. The van der Waals surface area contributed by atoms with Crippen LogP contribution in [0.4, 0.5) is 8.78 Å². The molecular weight excluding hydrogens is 226 g/mol. The molecule has 0 bridgehead atoms. The first-order valence-corrected chi connectivity index (χ1v) is 5.45. The Labute approximate surface area is 95.7 Å². The molecule has 1 N–H and O–H groups in total. The van der Waals surface area contributed by atoms with E-state index in [1.54, 1.807) is 0 Å². The molecular formula is C12H10F2N2O. The van der Waals surface area contributed by atoms with Crippen molar-refractivity contribution >= 4 is 0 Å². The van der Waals surface area contributed by atoms with Crippen LogP contribution in [0.25, 0.3) is 5.69 Å². The third-order valence-corrected chi connectivity index (χ3v) is 3.08. The van der Waals surface area contributed by atoms with Gasteiger partial charge < -0.3 is 0 Å². The van der Waals surface area contributed by atoms with E-state index in [-0.39, 0.29) is 11.2 Å². The second kappa shape index (κ2) is 3.55. The van der Waals surface area contributed by atoms with Gasteiger partial charge in [-0.1, -0.05) is 0 Å². The molecule has 17 heavy (non-hydrogen) atoms. The number of hydrogen-bond acceptors (Lipinski definition) is 1. The number of rotatable bonds is 1. The number of aryl methyl sites for hydroxylation is 1. The van der Waals surface area contributed by atoms with Crippen LogP contribution in [0.5, 0.6) is 0 Å². The second-order valence-electron chi connectivity index (χ2n) is 4.16. The number of H-pyrrole nitrogens is 1. The van der Waals surface area contributed by atoms with E-state index in [4.69, 9.17) is 0 Å². The molecule has 1 aliphatic carbocycles. The van der Waals surface area contributed by atoms with Crippen LogP contribution in [0, 0.1) is 11.6 Å². The summed E-state index contributed by atoms with van der Waals surface area (Å²) in [5.74, 6) is -1.40. The number of hydrogen-bond donors (Lipinski definition) is 1. The van der Waals surface area contributed by atoms with Gasteiger partial charge in [-0.15, -0.1) is 0 Å². The van der Waals surface area contributed by atoms with E-state index < -0.39 is 11.6 Å². The van der Waals surface area contributed by atoms with Gasteiger partial charge in [0.2, 0.25) is 0 Å². The van der Waals surface area contributed by atoms with E-state index in [1.165, 1.54) is 6.07 Å². The third-order valence-electron chi connectivity index (χ3n) is 3.08. The van der Waals surface area contributed by atoms with Crippen molar-refractivity contribution in [2.75, 3.05) is 0 Å². The zero-order chi connectivity index (χ0) is 12.0. The topological polar surface area (TPSA) is 37.8 Å². The molecule has 5 heteroatoms. The second-order valence-corrected chi connectivity index (χ2v) is 4.16. The fraction of sp³-hybridized carbons (Fsp3) is 0.250. The molecule has 1 aliphatic rings. The van der Waals surface area contributed by atoms with Crippen LogP contribution in [0.1, 0.15) is 17.7 Å². The quantitative estimate of drug-likeness (QED) is 0.807. The Bertz CT molecular complexity index is 642. The number of benzene rings is 1. The minimum Gasteiger partial charge on any atom is -0.295 e. The highest BCUT2D eigenvalue weighted by Crippen LogP contribution is 2.19. The molecule has 0 saturated heterocycles. The van der Waals surface area contributed by atoms with Crippen molar-refractivity contribution in [3.63, 3.8) is 0 Å².